The van der Waals surface area contributed by atoms with E-state index in [9.17, 15) is 9.59 Å². The maximum Gasteiger partial charge on any atom is 0.235 e. The summed E-state index contributed by atoms with van der Waals surface area (Å²) in [5.74, 6) is 1.58. The van der Waals surface area contributed by atoms with Crippen molar-refractivity contribution in [2.24, 2.45) is 35.5 Å². The van der Waals surface area contributed by atoms with Crippen molar-refractivity contribution in [3.05, 3.63) is 40.9 Å². The fourth-order valence-electron chi connectivity index (χ4n) is 5.12. The third-order valence-corrected chi connectivity index (χ3v) is 6.62. The molecule has 24 heavy (non-hydrogen) atoms. The summed E-state index contributed by atoms with van der Waals surface area (Å²) in [5.41, 5.74) is 1.90. The SMILES string of the molecule is Cc1ccc(Cl)cc1NCN1C(=O)[C@@H]2[C@H]3C=C[C@H]([C@H]4C[C@H]34)[C@@H]2C1=O. The minimum Gasteiger partial charge on any atom is -0.367 e. The summed E-state index contributed by atoms with van der Waals surface area (Å²) >= 11 is 6.04. The number of nitrogens with one attached hydrogen (secondary N) is 1. The molecule has 4 aliphatic carbocycles. The van der Waals surface area contributed by atoms with Crippen molar-refractivity contribution < 1.29 is 9.59 Å². The summed E-state index contributed by atoms with van der Waals surface area (Å²) in [6.07, 6.45) is 5.59. The van der Waals surface area contributed by atoms with Crippen LogP contribution in [0.4, 0.5) is 5.69 Å². The fourth-order valence-corrected chi connectivity index (χ4v) is 5.30. The Labute approximate surface area is 145 Å². The molecule has 4 nitrogen and oxygen atoms in total. The highest BCUT2D eigenvalue weighted by Crippen LogP contribution is 2.65. The van der Waals surface area contributed by atoms with E-state index in [4.69, 9.17) is 11.6 Å². The largest absolute Gasteiger partial charge is 0.367 e. The molecule has 0 spiro atoms. The molecule has 1 aromatic carbocycles. The molecule has 1 N–H and O–H groups in total. The van der Waals surface area contributed by atoms with Gasteiger partial charge in [0, 0.05) is 10.7 Å². The van der Waals surface area contributed by atoms with Gasteiger partial charge in [-0.15, -0.1) is 0 Å². The van der Waals surface area contributed by atoms with Gasteiger partial charge in [0.1, 0.15) is 0 Å². The molecule has 1 heterocycles. The van der Waals surface area contributed by atoms with Gasteiger partial charge in [-0.3, -0.25) is 14.5 Å². The second kappa shape index (κ2) is 4.85. The smallest absolute Gasteiger partial charge is 0.235 e. The summed E-state index contributed by atoms with van der Waals surface area (Å²) in [6.45, 7) is 2.20. The van der Waals surface area contributed by atoms with E-state index >= 15 is 0 Å². The fraction of sp³-hybridized carbons (Fsp3) is 0.474. The Hall–Kier alpha value is -1.81. The molecule has 5 aliphatic rings. The third kappa shape index (κ3) is 1.86. The first-order valence-electron chi connectivity index (χ1n) is 8.60. The number of allylic oxidation sites excluding steroid dienone is 2. The molecule has 5 heteroatoms. The Bertz CT molecular complexity index is 754. The standard InChI is InChI=1S/C19H19ClN2O2/c1-9-2-3-10(20)6-15(9)21-8-22-18(23)16-11-4-5-12(14-7-13(11)14)17(16)19(22)24/h2-6,11-14,16-17,21H,7-8H2,1H3/t11-,12+,13-,14-,16+,17-/m1/s1. The predicted octanol–water partition coefficient (Wildman–Crippen LogP) is 3.07. The van der Waals surface area contributed by atoms with Crippen LogP contribution in [-0.4, -0.2) is 23.4 Å². The summed E-state index contributed by atoms with van der Waals surface area (Å²) in [6, 6.07) is 5.59. The van der Waals surface area contributed by atoms with E-state index in [-0.39, 0.29) is 42.2 Å². The average Bonchev–Trinajstić information content (AvgIpc) is 3.35. The van der Waals surface area contributed by atoms with Gasteiger partial charge in [-0.2, -0.15) is 0 Å². The number of benzene rings is 1. The average molecular weight is 343 g/mol. The number of hydrogen-bond donors (Lipinski definition) is 1. The molecule has 1 saturated heterocycles. The van der Waals surface area contributed by atoms with Crippen LogP contribution in [0, 0.1) is 42.4 Å². The molecule has 124 valence electrons. The van der Waals surface area contributed by atoms with E-state index in [1.54, 1.807) is 0 Å². The number of anilines is 1. The van der Waals surface area contributed by atoms with Crippen LogP contribution >= 0.6 is 11.6 Å². The van der Waals surface area contributed by atoms with E-state index in [0.717, 1.165) is 11.3 Å². The van der Waals surface area contributed by atoms with Crippen LogP contribution < -0.4 is 5.32 Å². The number of nitrogens with zero attached hydrogens (tertiary/aromatic N) is 1. The molecule has 0 aromatic heterocycles. The lowest BCUT2D eigenvalue weighted by Gasteiger charge is -2.37. The number of halogens is 1. The molecule has 0 unspecified atom stereocenters. The van der Waals surface area contributed by atoms with Gasteiger partial charge in [-0.25, -0.2) is 0 Å². The summed E-state index contributed by atoms with van der Waals surface area (Å²) in [7, 11) is 0. The molecule has 2 amide bonds. The maximum absolute atomic E-state index is 12.9. The summed E-state index contributed by atoms with van der Waals surface area (Å²) in [5, 5.41) is 3.86. The number of imide groups is 1. The first kappa shape index (κ1) is 14.5. The molecular weight excluding hydrogens is 324 g/mol. The predicted molar refractivity (Wildman–Crippen MR) is 91.2 cm³/mol. The van der Waals surface area contributed by atoms with E-state index in [0.29, 0.717) is 16.9 Å². The summed E-state index contributed by atoms with van der Waals surface area (Å²) in [4.78, 5) is 27.2. The van der Waals surface area contributed by atoms with Crippen LogP contribution in [0.1, 0.15) is 12.0 Å². The molecule has 1 aromatic rings. The Morgan fingerprint density at radius 3 is 2.38 bits per heavy atom. The molecule has 1 aliphatic heterocycles. The van der Waals surface area contributed by atoms with Gasteiger partial charge in [0.25, 0.3) is 0 Å². The van der Waals surface area contributed by atoms with Crippen LogP contribution in [0.15, 0.2) is 30.4 Å². The van der Waals surface area contributed by atoms with Gasteiger partial charge in [-0.1, -0.05) is 29.8 Å². The number of carbonyl (C=O) groups excluding carboxylic acids is 2. The van der Waals surface area contributed by atoms with Crippen molar-refractivity contribution >= 4 is 29.1 Å². The number of aryl methyl sites for hydroxylation is 1. The third-order valence-electron chi connectivity index (χ3n) is 6.38. The lowest BCUT2D eigenvalue weighted by atomic mass is 9.63. The van der Waals surface area contributed by atoms with Crippen LogP contribution in [0.3, 0.4) is 0 Å². The number of likely N-dealkylation sites (tertiary alicyclic amines) is 1. The first-order chi connectivity index (χ1) is 11.6. The van der Waals surface area contributed by atoms with E-state index in [1.165, 1.54) is 11.3 Å². The van der Waals surface area contributed by atoms with Gasteiger partial charge in [0.05, 0.1) is 18.5 Å². The molecule has 0 radical (unpaired) electrons. The second-order valence-corrected chi connectivity index (χ2v) is 7.99. The van der Waals surface area contributed by atoms with Crippen molar-refractivity contribution in [2.45, 2.75) is 13.3 Å². The molecule has 6 rings (SSSR count). The minimum absolute atomic E-state index is 0.00174. The van der Waals surface area contributed by atoms with Crippen molar-refractivity contribution in [2.75, 3.05) is 12.0 Å². The normalized spacial score (nSPS) is 38.3. The van der Waals surface area contributed by atoms with Crippen molar-refractivity contribution in [1.82, 2.24) is 4.90 Å². The number of amides is 2. The molecule has 2 bridgehead atoms. The van der Waals surface area contributed by atoms with E-state index < -0.39 is 0 Å². The zero-order valence-corrected chi connectivity index (χ0v) is 14.2. The number of carbonyl (C=O) groups is 2. The summed E-state index contributed by atoms with van der Waals surface area (Å²) < 4.78 is 0. The van der Waals surface area contributed by atoms with Crippen molar-refractivity contribution in [1.29, 1.82) is 0 Å². The Balaban J connectivity index is 1.38. The Kier molecular flexibility index (Phi) is 2.94. The van der Waals surface area contributed by atoms with Gasteiger partial charge in [0.2, 0.25) is 11.8 Å². The second-order valence-electron chi connectivity index (χ2n) is 7.55. The Morgan fingerprint density at radius 2 is 1.75 bits per heavy atom. The molecular formula is C19H19ClN2O2. The highest BCUT2D eigenvalue weighted by molar-refractivity contribution is 6.30. The van der Waals surface area contributed by atoms with E-state index in [2.05, 4.69) is 17.5 Å². The van der Waals surface area contributed by atoms with Crippen LogP contribution in [0.25, 0.3) is 0 Å². The van der Waals surface area contributed by atoms with Crippen molar-refractivity contribution in [3.8, 4) is 0 Å². The van der Waals surface area contributed by atoms with Crippen LogP contribution in [-0.2, 0) is 9.59 Å². The van der Waals surface area contributed by atoms with Gasteiger partial charge in [0.15, 0.2) is 0 Å². The monoisotopic (exact) mass is 342 g/mol. The van der Waals surface area contributed by atoms with E-state index in [1.807, 2.05) is 25.1 Å². The van der Waals surface area contributed by atoms with Gasteiger partial charge >= 0.3 is 0 Å². The van der Waals surface area contributed by atoms with Crippen LogP contribution in [0.5, 0.6) is 0 Å². The zero-order chi connectivity index (χ0) is 16.6. The highest BCUT2D eigenvalue weighted by atomic mass is 35.5. The maximum atomic E-state index is 12.9. The minimum atomic E-state index is -0.126. The Morgan fingerprint density at radius 1 is 1.12 bits per heavy atom. The zero-order valence-electron chi connectivity index (χ0n) is 13.4. The topological polar surface area (TPSA) is 49.4 Å². The number of rotatable bonds is 3. The van der Waals surface area contributed by atoms with Crippen molar-refractivity contribution in [3.63, 3.8) is 0 Å². The molecule has 2 saturated carbocycles. The quantitative estimate of drug-likeness (QED) is 0.678. The first-order valence-corrected chi connectivity index (χ1v) is 8.97. The van der Waals surface area contributed by atoms with Gasteiger partial charge < -0.3 is 5.32 Å². The van der Waals surface area contributed by atoms with Crippen LogP contribution in [0.2, 0.25) is 5.02 Å². The highest BCUT2D eigenvalue weighted by Gasteiger charge is 2.66. The lowest BCUT2D eigenvalue weighted by molar-refractivity contribution is -0.139. The molecule has 3 fully saturated rings. The molecule has 6 atom stereocenters. The number of hydrogen-bond acceptors (Lipinski definition) is 3. The lowest BCUT2D eigenvalue weighted by Crippen LogP contribution is -2.40. The van der Waals surface area contributed by atoms with Gasteiger partial charge in [-0.05, 0) is 54.7 Å².